The van der Waals surface area contributed by atoms with Gasteiger partial charge in [0, 0.05) is 6.04 Å². The maximum Gasteiger partial charge on any atom is 0.150 e. The van der Waals surface area contributed by atoms with Crippen molar-refractivity contribution in [3.05, 3.63) is 0 Å². The molecule has 4 heteroatoms. The lowest BCUT2D eigenvalue weighted by Crippen LogP contribution is -2.27. The van der Waals surface area contributed by atoms with Gasteiger partial charge in [-0.05, 0) is 31.1 Å². The predicted molar refractivity (Wildman–Crippen MR) is 47.5 cm³/mol. The van der Waals surface area contributed by atoms with Crippen LogP contribution in [0.1, 0.15) is 19.3 Å². The van der Waals surface area contributed by atoms with E-state index in [0.29, 0.717) is 29.4 Å². The van der Waals surface area contributed by atoms with E-state index in [-0.39, 0.29) is 0 Å². The van der Waals surface area contributed by atoms with E-state index in [4.69, 9.17) is 5.73 Å². The van der Waals surface area contributed by atoms with E-state index in [1.54, 1.807) is 0 Å². The molecule has 2 aliphatic rings. The van der Waals surface area contributed by atoms with Crippen molar-refractivity contribution < 1.29 is 8.42 Å². The lowest BCUT2D eigenvalue weighted by atomic mass is 10.00. The number of rotatable bonds is 1. The summed E-state index contributed by atoms with van der Waals surface area (Å²) in [6, 6.07) is 0.295. The molecular formula is C8H15NO2S. The Morgan fingerprint density at radius 2 is 2.00 bits per heavy atom. The molecule has 3 unspecified atom stereocenters. The largest absolute Gasteiger partial charge is 0.327 e. The summed E-state index contributed by atoms with van der Waals surface area (Å²) >= 11 is 0. The summed E-state index contributed by atoms with van der Waals surface area (Å²) in [6.45, 7) is 0. The highest BCUT2D eigenvalue weighted by atomic mass is 32.2. The molecular weight excluding hydrogens is 174 g/mol. The quantitative estimate of drug-likeness (QED) is 0.639. The molecule has 2 N–H and O–H groups in total. The van der Waals surface area contributed by atoms with Gasteiger partial charge in [-0.3, -0.25) is 0 Å². The average molecular weight is 189 g/mol. The van der Waals surface area contributed by atoms with E-state index in [9.17, 15) is 8.42 Å². The van der Waals surface area contributed by atoms with Gasteiger partial charge in [0.25, 0.3) is 0 Å². The van der Waals surface area contributed by atoms with Gasteiger partial charge >= 0.3 is 0 Å². The van der Waals surface area contributed by atoms with Gasteiger partial charge in [-0.2, -0.15) is 0 Å². The van der Waals surface area contributed by atoms with Crippen LogP contribution in [0.5, 0.6) is 0 Å². The summed E-state index contributed by atoms with van der Waals surface area (Å²) in [5.74, 6) is 1.68. The van der Waals surface area contributed by atoms with Crippen LogP contribution in [0.3, 0.4) is 0 Å². The van der Waals surface area contributed by atoms with Gasteiger partial charge in [-0.15, -0.1) is 0 Å². The first-order valence-corrected chi connectivity index (χ1v) is 6.37. The number of hydrogen-bond donors (Lipinski definition) is 1. The third-order valence-electron chi connectivity index (χ3n) is 2.99. The Morgan fingerprint density at radius 1 is 1.33 bits per heavy atom. The van der Waals surface area contributed by atoms with Crippen molar-refractivity contribution in [1.82, 2.24) is 0 Å². The molecule has 1 saturated heterocycles. The maximum atomic E-state index is 11.3. The number of nitrogens with two attached hydrogens (primary N) is 1. The number of sulfone groups is 1. The molecule has 1 aliphatic heterocycles. The monoisotopic (exact) mass is 189 g/mol. The molecule has 0 radical (unpaired) electrons. The molecule has 1 saturated carbocycles. The molecule has 70 valence electrons. The average Bonchev–Trinajstić information content (AvgIpc) is 2.64. The summed E-state index contributed by atoms with van der Waals surface area (Å²) in [5.41, 5.74) is 5.69. The van der Waals surface area contributed by atoms with Gasteiger partial charge in [0.05, 0.1) is 11.5 Å². The standard InChI is InChI=1S/C8H15NO2S/c9-8-4-7(8)6-2-1-3-12(10,11)5-6/h6-8H,1-5,9H2. The van der Waals surface area contributed by atoms with E-state index < -0.39 is 9.84 Å². The minimum atomic E-state index is -2.72. The second-order valence-electron chi connectivity index (χ2n) is 4.08. The van der Waals surface area contributed by atoms with Crippen LogP contribution in [0.2, 0.25) is 0 Å². The van der Waals surface area contributed by atoms with Crippen LogP contribution in [-0.4, -0.2) is 26.0 Å². The zero-order valence-electron chi connectivity index (χ0n) is 7.07. The molecule has 0 aromatic rings. The molecule has 3 atom stereocenters. The second kappa shape index (κ2) is 2.70. The van der Waals surface area contributed by atoms with Crippen molar-refractivity contribution in [2.75, 3.05) is 11.5 Å². The van der Waals surface area contributed by atoms with E-state index in [1.807, 2.05) is 0 Å². The zero-order chi connectivity index (χ0) is 8.77. The summed E-state index contributed by atoms with van der Waals surface area (Å²) in [4.78, 5) is 0. The fourth-order valence-corrected chi connectivity index (χ4v) is 4.01. The van der Waals surface area contributed by atoms with Crippen LogP contribution in [0.15, 0.2) is 0 Å². The zero-order valence-corrected chi connectivity index (χ0v) is 7.89. The normalized spacial score (nSPS) is 45.6. The molecule has 12 heavy (non-hydrogen) atoms. The molecule has 0 aromatic heterocycles. The SMILES string of the molecule is NC1CC1C1CCCS(=O)(=O)C1. The van der Waals surface area contributed by atoms with E-state index >= 15 is 0 Å². The Bertz CT molecular complexity index is 273. The van der Waals surface area contributed by atoms with Gasteiger partial charge in [-0.25, -0.2) is 8.42 Å². The van der Waals surface area contributed by atoms with Crippen molar-refractivity contribution in [2.45, 2.75) is 25.3 Å². The van der Waals surface area contributed by atoms with E-state index in [1.165, 1.54) is 0 Å². The van der Waals surface area contributed by atoms with Crippen molar-refractivity contribution >= 4 is 9.84 Å². The Balaban J connectivity index is 2.00. The Hall–Kier alpha value is -0.0900. The number of hydrogen-bond acceptors (Lipinski definition) is 3. The molecule has 0 aromatic carbocycles. The molecule has 0 amide bonds. The lowest BCUT2D eigenvalue weighted by Gasteiger charge is -2.21. The molecule has 1 aliphatic carbocycles. The Labute approximate surface area is 73.2 Å². The van der Waals surface area contributed by atoms with Gasteiger partial charge in [0.1, 0.15) is 0 Å². The fraction of sp³-hybridized carbons (Fsp3) is 1.00. The topological polar surface area (TPSA) is 60.2 Å². The lowest BCUT2D eigenvalue weighted by molar-refractivity contribution is 0.433. The van der Waals surface area contributed by atoms with E-state index in [0.717, 1.165) is 19.3 Å². The van der Waals surface area contributed by atoms with Crippen LogP contribution in [0.25, 0.3) is 0 Å². The van der Waals surface area contributed by atoms with Gasteiger partial charge in [0.15, 0.2) is 9.84 Å². The first-order valence-electron chi connectivity index (χ1n) is 4.54. The fourth-order valence-electron chi connectivity index (χ4n) is 2.17. The highest BCUT2D eigenvalue weighted by Crippen LogP contribution is 2.40. The third-order valence-corrected chi connectivity index (χ3v) is 4.84. The van der Waals surface area contributed by atoms with Crippen LogP contribution in [0.4, 0.5) is 0 Å². The molecule has 0 spiro atoms. The van der Waals surface area contributed by atoms with Crippen molar-refractivity contribution in [3.8, 4) is 0 Å². The van der Waals surface area contributed by atoms with Gasteiger partial charge < -0.3 is 5.73 Å². The first kappa shape index (κ1) is 8.51. The van der Waals surface area contributed by atoms with Gasteiger partial charge in [0.2, 0.25) is 0 Å². The summed E-state index contributed by atoms with van der Waals surface area (Å²) in [5, 5.41) is 0. The molecule has 2 fully saturated rings. The molecule has 1 heterocycles. The van der Waals surface area contributed by atoms with Crippen LogP contribution < -0.4 is 5.73 Å². The van der Waals surface area contributed by atoms with Crippen molar-refractivity contribution in [1.29, 1.82) is 0 Å². The van der Waals surface area contributed by atoms with Crippen LogP contribution in [0, 0.1) is 11.8 Å². The predicted octanol–water partition coefficient (Wildman–Crippen LogP) is 0.158. The summed E-state index contributed by atoms with van der Waals surface area (Å²) in [7, 11) is -2.72. The highest BCUT2D eigenvalue weighted by Gasteiger charge is 2.42. The van der Waals surface area contributed by atoms with Crippen molar-refractivity contribution in [2.24, 2.45) is 17.6 Å². The van der Waals surface area contributed by atoms with Crippen LogP contribution >= 0.6 is 0 Å². The van der Waals surface area contributed by atoms with Crippen LogP contribution in [-0.2, 0) is 9.84 Å². The minimum Gasteiger partial charge on any atom is -0.327 e. The summed E-state index contributed by atoms with van der Waals surface area (Å²) in [6.07, 6.45) is 2.95. The second-order valence-corrected chi connectivity index (χ2v) is 6.31. The van der Waals surface area contributed by atoms with Gasteiger partial charge in [-0.1, -0.05) is 0 Å². The first-order chi connectivity index (χ1) is 5.58. The smallest absolute Gasteiger partial charge is 0.150 e. The Kier molecular flexibility index (Phi) is 1.92. The Morgan fingerprint density at radius 3 is 2.50 bits per heavy atom. The molecule has 3 nitrogen and oxygen atoms in total. The maximum absolute atomic E-state index is 11.3. The summed E-state index contributed by atoms with van der Waals surface area (Å²) < 4.78 is 22.5. The minimum absolute atomic E-state index is 0.295. The molecule has 2 rings (SSSR count). The van der Waals surface area contributed by atoms with Crippen molar-refractivity contribution in [3.63, 3.8) is 0 Å². The third kappa shape index (κ3) is 1.64. The molecule has 0 bridgehead atoms. The van der Waals surface area contributed by atoms with E-state index in [2.05, 4.69) is 0 Å². The highest BCUT2D eigenvalue weighted by molar-refractivity contribution is 7.91.